The third-order valence-corrected chi connectivity index (χ3v) is 3.13. The van der Waals surface area contributed by atoms with E-state index < -0.39 is 0 Å². The number of carbonyl (C=O) groups excluding carboxylic acids is 1. The Morgan fingerprint density at radius 3 is 2.76 bits per heavy atom. The summed E-state index contributed by atoms with van der Waals surface area (Å²) in [7, 11) is 0. The summed E-state index contributed by atoms with van der Waals surface area (Å²) in [4.78, 5) is 11.9. The van der Waals surface area contributed by atoms with Gasteiger partial charge in [0.25, 0.3) is 0 Å². The Morgan fingerprint density at radius 2 is 1.95 bits per heavy atom. The third-order valence-electron chi connectivity index (χ3n) is 3.13. The Labute approximate surface area is 121 Å². The number of pyridine rings is 1. The lowest BCUT2D eigenvalue weighted by molar-refractivity contribution is 0.251. The van der Waals surface area contributed by atoms with Crippen molar-refractivity contribution in [1.82, 2.24) is 19.9 Å². The summed E-state index contributed by atoms with van der Waals surface area (Å²) in [6.07, 6.45) is 1.80. The van der Waals surface area contributed by atoms with Gasteiger partial charge in [-0.15, -0.1) is 10.2 Å². The number of hydrogen-bond donors (Lipinski definition) is 2. The second-order valence-electron chi connectivity index (χ2n) is 4.69. The summed E-state index contributed by atoms with van der Waals surface area (Å²) in [6.45, 7) is 2.35. The molecule has 3 aromatic rings. The number of aryl methyl sites for hydroxylation is 1. The molecule has 0 fully saturated rings. The van der Waals surface area contributed by atoms with Crippen LogP contribution >= 0.6 is 0 Å². The molecular weight excluding hydrogens is 266 g/mol. The van der Waals surface area contributed by atoms with Gasteiger partial charge < -0.3 is 10.6 Å². The van der Waals surface area contributed by atoms with E-state index in [4.69, 9.17) is 0 Å². The van der Waals surface area contributed by atoms with Crippen molar-refractivity contribution in [2.75, 3.05) is 5.32 Å². The number of anilines is 1. The molecule has 0 saturated heterocycles. The first-order valence-electron chi connectivity index (χ1n) is 6.62. The maximum Gasteiger partial charge on any atom is 0.319 e. The fourth-order valence-corrected chi connectivity index (χ4v) is 2.03. The maximum absolute atomic E-state index is 11.9. The van der Waals surface area contributed by atoms with Crippen LogP contribution in [0.15, 0.2) is 48.7 Å². The number of urea groups is 1. The molecule has 0 aliphatic rings. The molecule has 0 unspecified atom stereocenters. The van der Waals surface area contributed by atoms with E-state index in [9.17, 15) is 4.79 Å². The fraction of sp³-hybridized carbons (Fsp3) is 0.133. The zero-order valence-corrected chi connectivity index (χ0v) is 11.6. The summed E-state index contributed by atoms with van der Waals surface area (Å²) < 4.78 is 1.83. The second kappa shape index (κ2) is 5.62. The average molecular weight is 281 g/mol. The summed E-state index contributed by atoms with van der Waals surface area (Å²) in [5.74, 6) is 0.776. The van der Waals surface area contributed by atoms with E-state index in [1.807, 2.05) is 47.7 Å². The molecule has 1 aromatic carbocycles. The van der Waals surface area contributed by atoms with Gasteiger partial charge in [-0.3, -0.25) is 4.40 Å². The molecule has 2 N–H and O–H groups in total. The van der Waals surface area contributed by atoms with Gasteiger partial charge in [-0.25, -0.2) is 4.79 Å². The maximum atomic E-state index is 11.9. The highest BCUT2D eigenvalue weighted by Crippen LogP contribution is 2.10. The third kappa shape index (κ3) is 3.00. The molecule has 0 aliphatic heterocycles. The van der Waals surface area contributed by atoms with Crippen molar-refractivity contribution < 1.29 is 4.79 Å². The van der Waals surface area contributed by atoms with E-state index in [-0.39, 0.29) is 6.03 Å². The highest BCUT2D eigenvalue weighted by atomic mass is 16.2. The first kappa shape index (κ1) is 13.1. The molecule has 3 rings (SSSR count). The summed E-state index contributed by atoms with van der Waals surface area (Å²) in [5, 5.41) is 13.6. The lowest BCUT2D eigenvalue weighted by atomic mass is 10.2. The molecule has 0 aliphatic carbocycles. The molecule has 0 bridgehead atoms. The van der Waals surface area contributed by atoms with Gasteiger partial charge in [-0.05, 0) is 24.6 Å². The van der Waals surface area contributed by atoms with Crippen molar-refractivity contribution in [3.8, 4) is 0 Å². The Hall–Kier alpha value is -2.89. The van der Waals surface area contributed by atoms with Crippen LogP contribution < -0.4 is 10.6 Å². The van der Waals surface area contributed by atoms with Crippen LogP contribution in [0.25, 0.3) is 5.65 Å². The van der Waals surface area contributed by atoms with E-state index in [0.717, 1.165) is 17.0 Å². The van der Waals surface area contributed by atoms with Crippen molar-refractivity contribution in [2.24, 2.45) is 0 Å². The average Bonchev–Trinajstić information content (AvgIpc) is 2.87. The number of aromatic nitrogens is 3. The molecule has 2 heterocycles. The monoisotopic (exact) mass is 281 g/mol. The van der Waals surface area contributed by atoms with E-state index in [1.54, 1.807) is 12.3 Å². The van der Waals surface area contributed by atoms with Crippen LogP contribution in [0.4, 0.5) is 10.5 Å². The molecule has 2 aromatic heterocycles. The molecule has 0 atom stereocenters. The number of hydrogen-bond acceptors (Lipinski definition) is 3. The predicted molar refractivity (Wildman–Crippen MR) is 80.0 cm³/mol. The Bertz CT molecular complexity index is 766. The van der Waals surface area contributed by atoms with Crippen molar-refractivity contribution in [3.05, 3.63) is 60.0 Å². The highest BCUT2D eigenvalue weighted by Gasteiger charge is 2.05. The van der Waals surface area contributed by atoms with Gasteiger partial charge in [0.2, 0.25) is 0 Å². The molecule has 2 amide bonds. The van der Waals surface area contributed by atoms with Crippen LogP contribution in [0.2, 0.25) is 0 Å². The van der Waals surface area contributed by atoms with E-state index >= 15 is 0 Å². The molecule has 0 spiro atoms. The zero-order valence-electron chi connectivity index (χ0n) is 11.6. The van der Waals surface area contributed by atoms with Crippen LogP contribution in [0.3, 0.4) is 0 Å². The number of fused-ring (bicyclic) bond motifs is 1. The van der Waals surface area contributed by atoms with Gasteiger partial charge in [0.1, 0.15) is 5.82 Å². The number of benzene rings is 1. The first-order chi connectivity index (χ1) is 10.2. The molecule has 21 heavy (non-hydrogen) atoms. The zero-order chi connectivity index (χ0) is 14.7. The van der Waals surface area contributed by atoms with Crippen molar-refractivity contribution in [3.63, 3.8) is 0 Å². The van der Waals surface area contributed by atoms with Gasteiger partial charge in [0.05, 0.1) is 5.69 Å². The Balaban J connectivity index is 1.64. The number of carbonyl (C=O) groups is 1. The molecule has 106 valence electrons. The highest BCUT2D eigenvalue weighted by molar-refractivity contribution is 5.89. The SMILES string of the molecule is Cc1nnc2ccc(NC(=O)NCc3ccccc3)cn12. The van der Waals surface area contributed by atoms with E-state index in [2.05, 4.69) is 20.8 Å². The van der Waals surface area contributed by atoms with Gasteiger partial charge in [0.15, 0.2) is 5.65 Å². The lowest BCUT2D eigenvalue weighted by Gasteiger charge is -2.08. The number of nitrogens with one attached hydrogen (secondary N) is 2. The van der Waals surface area contributed by atoms with E-state index in [1.165, 1.54) is 0 Å². The van der Waals surface area contributed by atoms with Crippen LogP contribution in [0.1, 0.15) is 11.4 Å². The fourth-order valence-electron chi connectivity index (χ4n) is 2.03. The Morgan fingerprint density at radius 1 is 1.14 bits per heavy atom. The number of nitrogens with zero attached hydrogens (tertiary/aromatic N) is 3. The smallest absolute Gasteiger partial charge is 0.319 e. The van der Waals surface area contributed by atoms with Gasteiger partial charge in [-0.2, -0.15) is 0 Å². The van der Waals surface area contributed by atoms with Crippen molar-refractivity contribution in [2.45, 2.75) is 13.5 Å². The van der Waals surface area contributed by atoms with Crippen LogP contribution in [-0.2, 0) is 6.54 Å². The molecule has 6 heteroatoms. The molecule has 6 nitrogen and oxygen atoms in total. The molecular formula is C15H15N5O. The molecule has 0 saturated carbocycles. The van der Waals surface area contributed by atoms with Gasteiger partial charge >= 0.3 is 6.03 Å². The number of amides is 2. The summed E-state index contributed by atoms with van der Waals surface area (Å²) >= 11 is 0. The second-order valence-corrected chi connectivity index (χ2v) is 4.69. The summed E-state index contributed by atoms with van der Waals surface area (Å²) in [6, 6.07) is 13.1. The van der Waals surface area contributed by atoms with Crippen LogP contribution in [-0.4, -0.2) is 20.6 Å². The predicted octanol–water partition coefficient (Wildman–Crippen LogP) is 2.36. The van der Waals surface area contributed by atoms with E-state index in [0.29, 0.717) is 12.2 Å². The minimum absolute atomic E-state index is 0.246. The lowest BCUT2D eigenvalue weighted by Crippen LogP contribution is -2.28. The largest absolute Gasteiger partial charge is 0.334 e. The van der Waals surface area contributed by atoms with Crippen LogP contribution in [0.5, 0.6) is 0 Å². The van der Waals surface area contributed by atoms with Crippen molar-refractivity contribution in [1.29, 1.82) is 0 Å². The van der Waals surface area contributed by atoms with Gasteiger partial charge in [0, 0.05) is 12.7 Å². The van der Waals surface area contributed by atoms with Crippen molar-refractivity contribution >= 4 is 17.4 Å². The quantitative estimate of drug-likeness (QED) is 0.774. The topological polar surface area (TPSA) is 71.3 Å². The normalized spacial score (nSPS) is 10.5. The standard InChI is InChI=1S/C15H15N5O/c1-11-18-19-14-8-7-13(10-20(11)14)17-15(21)16-9-12-5-3-2-4-6-12/h2-8,10H,9H2,1H3,(H2,16,17,21). The minimum Gasteiger partial charge on any atom is -0.334 e. The van der Waals surface area contributed by atoms with Crippen LogP contribution in [0, 0.1) is 6.92 Å². The number of rotatable bonds is 3. The molecule has 0 radical (unpaired) electrons. The Kier molecular flexibility index (Phi) is 3.51. The minimum atomic E-state index is -0.246. The first-order valence-corrected chi connectivity index (χ1v) is 6.62. The van der Waals surface area contributed by atoms with Gasteiger partial charge in [-0.1, -0.05) is 30.3 Å². The summed E-state index contributed by atoms with van der Waals surface area (Å²) in [5.41, 5.74) is 2.50.